The summed E-state index contributed by atoms with van der Waals surface area (Å²) in [6.07, 6.45) is 8.19. The van der Waals surface area contributed by atoms with Gasteiger partial charge in [-0.25, -0.2) is 4.79 Å². The monoisotopic (exact) mass is 495 g/mol. The number of ether oxygens (including phenoxy) is 1. The van der Waals surface area contributed by atoms with E-state index in [1.165, 1.54) is 53.5 Å². The molecule has 37 heavy (non-hydrogen) atoms. The standard InChI is InChI=1S/C34H41NO2/c1-7-8-9-10-26-20-30-31(34(5,6)22-33(30,3)4)21-29(26)23(2)19-24-11-13-25(14-12-24)32(36)37-28-17-15-27(35)16-18-28/h11-21H,7-10,22,35H2,1-6H3. The number of carbonyl (C=O) groups excluding carboxylic acids is 1. The van der Waals surface area contributed by atoms with Crippen LogP contribution in [0.3, 0.4) is 0 Å². The van der Waals surface area contributed by atoms with Crippen LogP contribution in [0, 0.1) is 0 Å². The average molecular weight is 496 g/mol. The van der Waals surface area contributed by atoms with Crippen LogP contribution in [0.5, 0.6) is 5.75 Å². The van der Waals surface area contributed by atoms with Crippen molar-refractivity contribution < 1.29 is 9.53 Å². The first-order chi connectivity index (χ1) is 17.5. The summed E-state index contributed by atoms with van der Waals surface area (Å²) in [4.78, 5) is 12.6. The molecule has 1 aliphatic carbocycles. The van der Waals surface area contributed by atoms with E-state index >= 15 is 0 Å². The van der Waals surface area contributed by atoms with Crippen LogP contribution in [0.25, 0.3) is 11.6 Å². The number of aryl methyl sites for hydroxylation is 1. The van der Waals surface area contributed by atoms with Gasteiger partial charge in [0.15, 0.2) is 0 Å². The molecule has 0 bridgehead atoms. The van der Waals surface area contributed by atoms with Crippen molar-refractivity contribution in [2.24, 2.45) is 0 Å². The van der Waals surface area contributed by atoms with Gasteiger partial charge in [0.1, 0.15) is 5.75 Å². The summed E-state index contributed by atoms with van der Waals surface area (Å²) in [6, 6.07) is 19.4. The quantitative estimate of drug-likeness (QED) is 0.112. The molecule has 0 saturated heterocycles. The van der Waals surface area contributed by atoms with Gasteiger partial charge in [0.25, 0.3) is 0 Å². The minimum absolute atomic E-state index is 0.169. The molecule has 194 valence electrons. The Morgan fingerprint density at radius 2 is 1.54 bits per heavy atom. The molecule has 0 aliphatic heterocycles. The van der Waals surface area contributed by atoms with E-state index in [1.54, 1.807) is 24.3 Å². The van der Waals surface area contributed by atoms with Crippen molar-refractivity contribution in [1.29, 1.82) is 0 Å². The lowest BCUT2D eigenvalue weighted by atomic mass is 9.82. The molecule has 0 radical (unpaired) electrons. The first-order valence-corrected chi connectivity index (χ1v) is 13.5. The largest absolute Gasteiger partial charge is 0.423 e. The minimum atomic E-state index is -0.376. The van der Waals surface area contributed by atoms with Gasteiger partial charge in [0.05, 0.1) is 5.56 Å². The van der Waals surface area contributed by atoms with Gasteiger partial charge >= 0.3 is 5.97 Å². The Bertz CT molecular complexity index is 1290. The van der Waals surface area contributed by atoms with Crippen molar-refractivity contribution in [3.63, 3.8) is 0 Å². The van der Waals surface area contributed by atoms with Crippen molar-refractivity contribution in [3.05, 3.63) is 94.0 Å². The summed E-state index contributed by atoms with van der Waals surface area (Å²) >= 11 is 0. The van der Waals surface area contributed by atoms with Crippen molar-refractivity contribution in [2.45, 2.75) is 84.5 Å². The predicted octanol–water partition coefficient (Wildman–Crippen LogP) is 8.74. The second-order valence-electron chi connectivity index (χ2n) is 11.9. The van der Waals surface area contributed by atoms with Gasteiger partial charge in [-0.1, -0.05) is 77.8 Å². The fourth-order valence-corrected chi connectivity index (χ4v) is 5.94. The number of rotatable bonds is 8. The van der Waals surface area contributed by atoms with Gasteiger partial charge in [-0.2, -0.15) is 0 Å². The highest BCUT2D eigenvalue weighted by molar-refractivity contribution is 5.91. The van der Waals surface area contributed by atoms with Crippen LogP contribution in [-0.4, -0.2) is 5.97 Å². The van der Waals surface area contributed by atoms with E-state index in [0.717, 1.165) is 12.0 Å². The Labute approximate surface area is 222 Å². The van der Waals surface area contributed by atoms with Crippen molar-refractivity contribution in [3.8, 4) is 5.75 Å². The van der Waals surface area contributed by atoms with Gasteiger partial charge in [0, 0.05) is 5.69 Å². The number of benzene rings is 3. The molecule has 3 nitrogen and oxygen atoms in total. The molecule has 0 saturated carbocycles. The summed E-state index contributed by atoms with van der Waals surface area (Å²) < 4.78 is 5.48. The number of esters is 1. The lowest BCUT2D eigenvalue weighted by Gasteiger charge is -2.22. The zero-order valence-corrected chi connectivity index (χ0v) is 23.3. The molecule has 3 aromatic rings. The third-order valence-electron chi connectivity index (χ3n) is 7.68. The zero-order valence-electron chi connectivity index (χ0n) is 23.3. The van der Waals surface area contributed by atoms with Crippen LogP contribution in [0.1, 0.15) is 105 Å². The number of allylic oxidation sites excluding steroid dienone is 1. The van der Waals surface area contributed by atoms with E-state index in [-0.39, 0.29) is 16.8 Å². The Hall–Kier alpha value is -3.33. The highest BCUT2D eigenvalue weighted by atomic mass is 16.5. The highest BCUT2D eigenvalue weighted by Crippen LogP contribution is 2.50. The number of anilines is 1. The molecule has 0 atom stereocenters. The Morgan fingerprint density at radius 3 is 2.16 bits per heavy atom. The summed E-state index contributed by atoms with van der Waals surface area (Å²) in [6.45, 7) is 14.0. The maximum absolute atomic E-state index is 12.6. The maximum atomic E-state index is 12.6. The molecule has 0 aromatic heterocycles. The number of unbranched alkanes of at least 4 members (excludes halogenated alkanes) is 2. The minimum Gasteiger partial charge on any atom is -0.423 e. The lowest BCUT2D eigenvalue weighted by molar-refractivity contribution is 0.0735. The summed E-state index contributed by atoms with van der Waals surface area (Å²) in [5, 5.41) is 0. The summed E-state index contributed by atoms with van der Waals surface area (Å²) in [7, 11) is 0. The van der Waals surface area contributed by atoms with Crippen LogP contribution in [0.15, 0.2) is 60.7 Å². The van der Waals surface area contributed by atoms with Gasteiger partial charge in [0.2, 0.25) is 0 Å². The third-order valence-corrected chi connectivity index (χ3v) is 7.68. The number of nitrogens with two attached hydrogens (primary N) is 1. The van der Waals surface area contributed by atoms with Crippen LogP contribution < -0.4 is 10.5 Å². The molecule has 4 rings (SSSR count). The molecule has 0 spiro atoms. The topological polar surface area (TPSA) is 52.3 Å². The predicted molar refractivity (Wildman–Crippen MR) is 156 cm³/mol. The lowest BCUT2D eigenvalue weighted by Crippen LogP contribution is -2.18. The average Bonchev–Trinajstić information content (AvgIpc) is 3.03. The molecular weight excluding hydrogens is 454 g/mol. The second kappa shape index (κ2) is 10.6. The van der Waals surface area contributed by atoms with Crippen LogP contribution >= 0.6 is 0 Å². The summed E-state index contributed by atoms with van der Waals surface area (Å²) in [5.74, 6) is 0.107. The fraction of sp³-hybridized carbons (Fsp3) is 0.382. The van der Waals surface area contributed by atoms with Gasteiger partial charge < -0.3 is 10.5 Å². The second-order valence-corrected chi connectivity index (χ2v) is 11.9. The van der Waals surface area contributed by atoms with E-state index in [4.69, 9.17) is 10.5 Å². The number of fused-ring (bicyclic) bond motifs is 1. The number of carbonyl (C=O) groups is 1. The third kappa shape index (κ3) is 5.98. The fourth-order valence-electron chi connectivity index (χ4n) is 5.94. The Morgan fingerprint density at radius 1 is 0.919 bits per heavy atom. The van der Waals surface area contributed by atoms with Crippen LogP contribution in [0.4, 0.5) is 5.69 Å². The van der Waals surface area contributed by atoms with Crippen LogP contribution in [0.2, 0.25) is 0 Å². The maximum Gasteiger partial charge on any atom is 0.343 e. The summed E-state index contributed by atoms with van der Waals surface area (Å²) in [5.41, 5.74) is 15.4. The molecule has 2 N–H and O–H groups in total. The normalized spacial score (nSPS) is 15.9. The first kappa shape index (κ1) is 26.7. The van der Waals surface area contributed by atoms with Crippen molar-refractivity contribution >= 4 is 23.3 Å². The highest BCUT2D eigenvalue weighted by Gasteiger charge is 2.42. The van der Waals surface area contributed by atoms with Crippen molar-refractivity contribution in [2.75, 3.05) is 5.73 Å². The molecule has 0 fully saturated rings. The zero-order chi connectivity index (χ0) is 26.8. The van der Waals surface area contributed by atoms with E-state index in [9.17, 15) is 4.79 Å². The number of nitrogen functional groups attached to an aromatic ring is 1. The van der Waals surface area contributed by atoms with E-state index in [0.29, 0.717) is 17.0 Å². The van der Waals surface area contributed by atoms with Crippen LogP contribution in [-0.2, 0) is 17.3 Å². The molecule has 0 amide bonds. The molecule has 1 aliphatic rings. The van der Waals surface area contributed by atoms with Crippen molar-refractivity contribution in [1.82, 2.24) is 0 Å². The first-order valence-electron chi connectivity index (χ1n) is 13.5. The molecule has 0 heterocycles. The van der Waals surface area contributed by atoms with Gasteiger partial charge in [-0.05, 0) is 107 Å². The van der Waals surface area contributed by atoms with E-state index in [1.807, 2.05) is 24.3 Å². The van der Waals surface area contributed by atoms with E-state index in [2.05, 4.69) is 59.8 Å². The Balaban J connectivity index is 1.61. The number of hydrogen-bond acceptors (Lipinski definition) is 3. The van der Waals surface area contributed by atoms with E-state index < -0.39 is 0 Å². The number of hydrogen-bond donors (Lipinski definition) is 1. The van der Waals surface area contributed by atoms with Gasteiger partial charge in [-0.15, -0.1) is 0 Å². The van der Waals surface area contributed by atoms with Gasteiger partial charge in [-0.3, -0.25) is 0 Å². The molecular formula is C34H41NO2. The molecule has 3 aromatic carbocycles. The molecule has 3 heteroatoms. The Kier molecular flexibility index (Phi) is 7.64. The molecule has 0 unspecified atom stereocenters. The smallest absolute Gasteiger partial charge is 0.343 e. The SMILES string of the molecule is CCCCCc1cc2c(cc1C(C)=Cc1ccc(C(=O)Oc3ccc(N)cc3)cc1)C(C)(C)CC2(C)C.